The molecule has 1 fully saturated rings. The molecule has 0 spiro atoms. The van der Waals surface area contributed by atoms with Crippen LogP contribution in [0.15, 0.2) is 30.3 Å². The molecule has 1 atom stereocenters. The Hall–Kier alpha value is -1.83. The Bertz CT molecular complexity index is 609. The molecule has 142 valence electrons. The number of aliphatic hydroxyl groups is 1. The van der Waals surface area contributed by atoms with Gasteiger partial charge in [-0.3, -0.25) is 4.90 Å². The standard InChI is InChI=1S/C22H31NO3/c1-3-23(4-2)17-11-12-18-26-21(24)22(25,19-13-7-5-8-14-19)20-15-9-6-10-16-20/h5,7-8,13-14,20,25H,3-4,6,9-10,15-18H2,1-2H3/i22+2. The van der Waals surface area contributed by atoms with Crippen molar-refractivity contribution >= 4 is 5.97 Å². The van der Waals surface area contributed by atoms with Gasteiger partial charge >= 0.3 is 5.97 Å². The van der Waals surface area contributed by atoms with Crippen molar-refractivity contribution in [2.45, 2.75) is 51.6 Å². The normalized spacial score (nSPS) is 17.2. The molecule has 2 rings (SSSR count). The lowest BCUT2D eigenvalue weighted by Gasteiger charge is -2.36. The summed E-state index contributed by atoms with van der Waals surface area (Å²) in [7, 11) is 0. The molecule has 0 heterocycles. The van der Waals surface area contributed by atoms with Crippen molar-refractivity contribution in [2.75, 3.05) is 26.2 Å². The fraction of sp³-hybridized carbons (Fsp3) is 0.591. The molecule has 0 bridgehead atoms. The van der Waals surface area contributed by atoms with E-state index in [0.717, 1.165) is 45.2 Å². The molecule has 26 heavy (non-hydrogen) atoms. The highest BCUT2D eigenvalue weighted by Crippen LogP contribution is 2.40. The number of benzene rings is 1. The van der Waals surface area contributed by atoms with Crippen LogP contribution >= 0.6 is 0 Å². The molecule has 1 aliphatic rings. The van der Waals surface area contributed by atoms with Gasteiger partial charge in [0.2, 0.25) is 0 Å². The van der Waals surface area contributed by atoms with Crippen LogP contribution in [0, 0.1) is 17.8 Å². The van der Waals surface area contributed by atoms with Gasteiger partial charge in [0.1, 0.15) is 0 Å². The van der Waals surface area contributed by atoms with Crippen LogP contribution in [0.2, 0.25) is 0 Å². The monoisotopic (exact) mass is 359 g/mol. The van der Waals surface area contributed by atoms with Crippen LogP contribution in [0.1, 0.15) is 51.5 Å². The number of nitrogens with zero attached hydrogens (tertiary/aromatic N) is 1. The largest absolute Gasteiger partial charge is 0.450 e. The number of hydrogen-bond donors (Lipinski definition) is 1. The van der Waals surface area contributed by atoms with E-state index >= 15 is 0 Å². The van der Waals surface area contributed by atoms with Gasteiger partial charge in [0.25, 0.3) is 0 Å². The number of carbonyl (C=O) groups excluding carboxylic acids is 1. The van der Waals surface area contributed by atoms with Gasteiger partial charge in [-0.1, -0.05) is 75.3 Å². The molecule has 1 aromatic rings. The van der Waals surface area contributed by atoms with Gasteiger partial charge in [-0.2, -0.15) is 0 Å². The highest BCUT2D eigenvalue weighted by Gasteiger charge is 2.46. The third kappa shape index (κ3) is 5.09. The maximum absolute atomic E-state index is 12.8. The SMILES string of the molecule is CCN(CC)CC#CCOC(=O)[14C](O)(c1ccccc1)C1CCCCC1. The molecule has 0 aromatic heterocycles. The molecule has 0 aliphatic heterocycles. The van der Waals surface area contributed by atoms with Crippen molar-refractivity contribution in [3.63, 3.8) is 0 Å². The Morgan fingerprint density at radius 1 is 1.15 bits per heavy atom. The summed E-state index contributed by atoms with van der Waals surface area (Å²) in [4.78, 5) is 15.0. The van der Waals surface area contributed by atoms with Crippen LogP contribution in [0.5, 0.6) is 0 Å². The van der Waals surface area contributed by atoms with Crippen molar-refractivity contribution in [1.82, 2.24) is 4.90 Å². The van der Waals surface area contributed by atoms with Crippen LogP contribution < -0.4 is 0 Å². The fourth-order valence-electron chi connectivity index (χ4n) is 3.61. The molecule has 0 saturated heterocycles. The lowest BCUT2D eigenvalue weighted by atomic mass is 9.93. The highest BCUT2D eigenvalue weighted by atomic mass is 16.7. The molecular weight excluding hydrogens is 328 g/mol. The third-order valence-electron chi connectivity index (χ3n) is 5.32. The van der Waals surface area contributed by atoms with Gasteiger partial charge in [-0.05, 0) is 31.5 Å². The first-order valence-corrected chi connectivity index (χ1v) is 9.76. The van der Waals surface area contributed by atoms with Gasteiger partial charge in [-0.25, -0.2) is 4.79 Å². The van der Waals surface area contributed by atoms with E-state index in [1.54, 1.807) is 0 Å². The molecule has 1 unspecified atom stereocenters. The smallest absolute Gasteiger partial charge is 0.344 e. The molecule has 1 aliphatic carbocycles. The van der Waals surface area contributed by atoms with E-state index < -0.39 is 11.6 Å². The number of carbonyl (C=O) groups is 1. The van der Waals surface area contributed by atoms with Crippen LogP contribution in [0.25, 0.3) is 0 Å². The molecule has 1 N–H and O–H groups in total. The van der Waals surface area contributed by atoms with Crippen LogP contribution in [-0.4, -0.2) is 42.2 Å². The maximum atomic E-state index is 12.8. The summed E-state index contributed by atoms with van der Waals surface area (Å²) in [5, 5.41) is 11.4. The second-order valence-electron chi connectivity index (χ2n) is 6.86. The van der Waals surface area contributed by atoms with Crippen molar-refractivity contribution in [3.05, 3.63) is 35.9 Å². The summed E-state index contributed by atoms with van der Waals surface area (Å²) in [6.45, 7) is 6.75. The first-order chi connectivity index (χ1) is 12.6. The van der Waals surface area contributed by atoms with Gasteiger partial charge in [0.15, 0.2) is 12.2 Å². The Morgan fingerprint density at radius 2 is 1.81 bits per heavy atom. The summed E-state index contributed by atoms with van der Waals surface area (Å²) < 4.78 is 5.38. The molecule has 0 amide bonds. The van der Waals surface area contributed by atoms with Gasteiger partial charge < -0.3 is 9.84 Å². The first kappa shape index (κ1) is 20.5. The van der Waals surface area contributed by atoms with E-state index in [4.69, 9.17) is 4.74 Å². The van der Waals surface area contributed by atoms with Crippen molar-refractivity contribution < 1.29 is 14.6 Å². The summed E-state index contributed by atoms with van der Waals surface area (Å²) in [6, 6.07) is 9.19. The molecule has 4 heteroatoms. The van der Waals surface area contributed by atoms with E-state index in [1.807, 2.05) is 30.3 Å². The van der Waals surface area contributed by atoms with Crippen molar-refractivity contribution in [2.24, 2.45) is 5.92 Å². The summed E-state index contributed by atoms with van der Waals surface area (Å²) >= 11 is 0. The Labute approximate surface area is 157 Å². The maximum Gasteiger partial charge on any atom is 0.344 e. The zero-order chi connectivity index (χ0) is 18.8. The number of hydrogen-bond acceptors (Lipinski definition) is 4. The predicted octanol–water partition coefficient (Wildman–Crippen LogP) is 3.34. The molecule has 1 aromatic carbocycles. The Kier molecular flexibility index (Phi) is 8.15. The Morgan fingerprint density at radius 3 is 2.42 bits per heavy atom. The summed E-state index contributed by atoms with van der Waals surface area (Å²) in [5.74, 6) is 5.25. The molecule has 0 radical (unpaired) electrons. The quantitative estimate of drug-likeness (QED) is 0.599. The highest BCUT2D eigenvalue weighted by molar-refractivity contribution is 5.81. The average molecular weight is 359 g/mol. The fourth-order valence-corrected chi connectivity index (χ4v) is 3.61. The minimum absolute atomic E-state index is 0.0158. The van der Waals surface area contributed by atoms with E-state index in [0.29, 0.717) is 12.1 Å². The summed E-state index contributed by atoms with van der Waals surface area (Å²) in [5.41, 5.74) is -0.963. The molecule has 4 nitrogen and oxygen atoms in total. The van der Waals surface area contributed by atoms with Crippen molar-refractivity contribution in [3.8, 4) is 11.8 Å². The van der Waals surface area contributed by atoms with E-state index in [1.165, 1.54) is 0 Å². The van der Waals surface area contributed by atoms with Crippen molar-refractivity contribution in [1.29, 1.82) is 0 Å². The van der Waals surface area contributed by atoms with Crippen LogP contribution in [0.4, 0.5) is 0 Å². The average Bonchev–Trinajstić information content (AvgIpc) is 2.71. The van der Waals surface area contributed by atoms with E-state index in [-0.39, 0.29) is 12.5 Å². The number of ether oxygens (including phenoxy) is 1. The van der Waals surface area contributed by atoms with Gasteiger partial charge in [-0.15, -0.1) is 0 Å². The lowest BCUT2D eigenvalue weighted by molar-refractivity contribution is -0.174. The zero-order valence-corrected chi connectivity index (χ0v) is 16.0. The minimum atomic E-state index is -1.58. The number of esters is 1. The predicted molar refractivity (Wildman–Crippen MR) is 103 cm³/mol. The van der Waals surface area contributed by atoms with Gasteiger partial charge in [0.05, 0.1) is 6.54 Å². The van der Waals surface area contributed by atoms with Gasteiger partial charge in [0, 0.05) is 5.92 Å². The molecule has 1 saturated carbocycles. The van der Waals surface area contributed by atoms with E-state index in [9.17, 15) is 9.90 Å². The Balaban J connectivity index is 2.06. The van der Waals surface area contributed by atoms with Crippen LogP contribution in [-0.2, 0) is 15.1 Å². The molecular formula is C22H31NO3. The second-order valence-corrected chi connectivity index (χ2v) is 6.86. The third-order valence-corrected chi connectivity index (χ3v) is 5.32. The first-order valence-electron chi connectivity index (χ1n) is 9.76. The second kappa shape index (κ2) is 10.4. The number of rotatable bonds is 7. The lowest BCUT2D eigenvalue weighted by Crippen LogP contribution is -2.45. The summed E-state index contributed by atoms with van der Waals surface area (Å²) in [6.07, 6.45) is 4.92. The minimum Gasteiger partial charge on any atom is -0.450 e. The topological polar surface area (TPSA) is 49.8 Å². The van der Waals surface area contributed by atoms with Crippen LogP contribution in [0.3, 0.4) is 0 Å². The van der Waals surface area contributed by atoms with E-state index in [2.05, 4.69) is 30.6 Å². The zero-order valence-electron chi connectivity index (χ0n) is 16.0.